The summed E-state index contributed by atoms with van der Waals surface area (Å²) in [5.74, 6) is -0.147. The van der Waals surface area contributed by atoms with Crippen LogP contribution in [0.3, 0.4) is 0 Å². The van der Waals surface area contributed by atoms with Gasteiger partial charge < -0.3 is 43.8 Å². The minimum atomic E-state index is -5.42. The molecule has 0 saturated carbocycles. The number of aromatic nitrogens is 12. The highest BCUT2D eigenvalue weighted by atomic mass is 36.1. The SMILES string of the molecule is S=P(Cl)(Cl)Cl.S=P(n1cncn1)(n1cncn1)n1cncn1.[B][C@@H]1O[C@H](CO)[C@@H](C)C1(Cl)Cl.[B][C@@H]1O[C@H](COP(O)(=S)OP(=O)(O)OP(=O)(O)O)[C@@H](O)C1(Cl)Cl.c1nc[nH]n1. The number of H-pyrrole nitrogens is 1. The third-order valence-corrected chi connectivity index (χ3v) is 17.1. The second-order valence-electron chi connectivity index (χ2n) is 10.9. The summed E-state index contributed by atoms with van der Waals surface area (Å²) in [6.07, 6.45) is 8.62. The zero-order valence-electron chi connectivity index (χ0n) is 29.7. The van der Waals surface area contributed by atoms with E-state index in [1.807, 2.05) is 0 Å². The predicted molar refractivity (Wildman–Crippen MR) is 235 cm³/mol. The van der Waals surface area contributed by atoms with Crippen molar-refractivity contribution in [1.29, 1.82) is 0 Å². The van der Waals surface area contributed by atoms with Gasteiger partial charge in [0.2, 0.25) is 4.10 Å². The highest BCUT2D eigenvalue weighted by Gasteiger charge is 2.52. The van der Waals surface area contributed by atoms with Crippen LogP contribution in [0.15, 0.2) is 50.6 Å². The average Bonchev–Trinajstić information content (AvgIpc) is 3.99. The van der Waals surface area contributed by atoms with E-state index in [2.05, 4.69) is 82.2 Å². The normalized spacial score (nSPS) is 25.1. The number of nitrogens with zero attached hydrogens (tertiary/aromatic N) is 11. The molecule has 6 rings (SSSR count). The molecule has 6 heterocycles. The summed E-state index contributed by atoms with van der Waals surface area (Å²) < 4.78 is 43.1. The molecule has 2 unspecified atom stereocenters. The van der Waals surface area contributed by atoms with Crippen molar-refractivity contribution in [3.63, 3.8) is 0 Å². The van der Waals surface area contributed by atoms with E-state index in [1.54, 1.807) is 20.3 Å². The maximum atomic E-state index is 11.3. The smallest absolute Gasteiger partial charge is 0.394 e. The topological polar surface area (TPSA) is 335 Å². The summed E-state index contributed by atoms with van der Waals surface area (Å²) in [6.45, 7) is -6.09. The van der Waals surface area contributed by atoms with Crippen LogP contribution in [0.4, 0.5) is 0 Å². The largest absolute Gasteiger partial charge is 0.488 e. The first-order chi connectivity index (χ1) is 27.9. The van der Waals surface area contributed by atoms with Crippen molar-refractivity contribution in [1.82, 2.24) is 58.8 Å². The van der Waals surface area contributed by atoms with Crippen molar-refractivity contribution < 1.29 is 61.5 Å². The van der Waals surface area contributed by atoms with Crippen molar-refractivity contribution in [3.05, 3.63) is 50.6 Å². The molecule has 2 aliphatic heterocycles. The van der Waals surface area contributed by atoms with Crippen LogP contribution < -0.4 is 0 Å². The zero-order chi connectivity index (χ0) is 46.7. The molecule has 2 fully saturated rings. The van der Waals surface area contributed by atoms with Crippen LogP contribution in [0, 0.1) is 5.92 Å². The van der Waals surface area contributed by atoms with Gasteiger partial charge in [-0.1, -0.05) is 87.0 Å². The van der Waals surface area contributed by atoms with Gasteiger partial charge in [-0.3, -0.25) is 5.10 Å². The maximum absolute atomic E-state index is 11.3. The highest BCUT2D eigenvalue weighted by Crippen LogP contribution is 2.66. The van der Waals surface area contributed by atoms with E-state index in [4.69, 9.17) is 137 Å². The molecule has 2 aliphatic rings. The van der Waals surface area contributed by atoms with E-state index in [0.29, 0.717) is 0 Å². The van der Waals surface area contributed by atoms with Gasteiger partial charge in [0.25, 0.3) is 6.49 Å². The van der Waals surface area contributed by atoms with E-state index in [-0.39, 0.29) is 18.6 Å². The minimum absolute atomic E-state index is 0.101. The Morgan fingerprint density at radius 1 is 0.787 bits per heavy atom. The maximum Gasteiger partial charge on any atom is 0.488 e. The molecular weight excluding hydrogens is 1130 g/mol. The molecule has 340 valence electrons. The lowest BCUT2D eigenvalue weighted by Gasteiger charge is -2.22. The fourth-order valence-electron chi connectivity index (χ4n) is 3.93. The molecule has 0 bridgehead atoms. The molecule has 4 aromatic rings. The molecular formula is C19H28B2Cl7N12O13P5S3. The number of alkyl halides is 4. The van der Waals surface area contributed by atoms with Crippen LogP contribution in [0.2, 0.25) is 0 Å². The zero-order valence-corrected chi connectivity index (χ0v) is 41.9. The second kappa shape index (κ2) is 24.6. The Morgan fingerprint density at radius 3 is 1.49 bits per heavy atom. The summed E-state index contributed by atoms with van der Waals surface area (Å²) in [5.41, 5.74) is 0. The van der Waals surface area contributed by atoms with Gasteiger partial charge in [-0.25, -0.2) is 33.4 Å². The third kappa shape index (κ3) is 19.1. The number of aliphatic hydroxyl groups is 2. The summed E-state index contributed by atoms with van der Waals surface area (Å²) in [6, 6.07) is -2.01. The standard InChI is InChI=1S/C6H9BCl2O2.C6H6N9PS.C5H10BCl2O11P3S.C2H3N3.Cl3PS/c1-3-4(2-10)11-5(7)6(3,8)9;17-16(13-4-7-1-10-13,14-5-8-2-11-14)15-6-9-3-12-15;6-4-5(7,8)3(9)2(17-4)1-16-22(15,23)19-21(13,14)18-20(10,11)12;1-3-2-5-4-1;1-4(2,3)5/h3-5,10H,2H2,1H3;1-6H;2-4,9H,1H2,(H,13,14)(H,15,23)(H2,10,11,12);1-2H,(H,3,4,5);/t3-,4-,5-;;2-,3-,4-,22?;;/m1.1../s1. The molecule has 7 N–H and O–H groups in total. The third-order valence-electron chi connectivity index (χ3n) is 6.66. The Labute approximate surface area is 397 Å². The lowest BCUT2D eigenvalue weighted by atomic mass is 9.91. The van der Waals surface area contributed by atoms with E-state index in [0.717, 1.165) is 0 Å². The number of hydrogen-bond donors (Lipinski definition) is 7. The van der Waals surface area contributed by atoms with Crippen molar-refractivity contribution in [2.75, 3.05) is 13.2 Å². The number of halogens is 7. The molecule has 25 nitrogen and oxygen atoms in total. The van der Waals surface area contributed by atoms with E-state index in [1.165, 1.54) is 50.6 Å². The van der Waals surface area contributed by atoms with E-state index >= 15 is 0 Å². The van der Waals surface area contributed by atoms with Gasteiger partial charge in [-0.2, -0.15) is 38.1 Å². The molecule has 42 heteroatoms. The van der Waals surface area contributed by atoms with Gasteiger partial charge in [0.15, 0.2) is 4.33 Å². The first-order valence-electron chi connectivity index (χ1n) is 15.2. The van der Waals surface area contributed by atoms with Gasteiger partial charge in [-0.15, -0.1) is 0 Å². The van der Waals surface area contributed by atoms with Crippen LogP contribution in [0.5, 0.6) is 0 Å². The molecule has 8 atom stereocenters. The Hall–Kier alpha value is 0.690. The summed E-state index contributed by atoms with van der Waals surface area (Å²) in [7, 11) is 0.0515. The predicted octanol–water partition coefficient (Wildman–Crippen LogP) is 2.92. The minimum Gasteiger partial charge on any atom is -0.394 e. The number of nitrogens with one attached hydrogen (secondary N) is 1. The highest BCUT2D eigenvalue weighted by molar-refractivity contribution is 8.50. The van der Waals surface area contributed by atoms with Gasteiger partial charge in [0, 0.05) is 11.9 Å². The van der Waals surface area contributed by atoms with E-state index in [9.17, 15) is 19.1 Å². The molecule has 2 saturated heterocycles. The van der Waals surface area contributed by atoms with Crippen molar-refractivity contribution in [2.24, 2.45) is 5.92 Å². The Morgan fingerprint density at radius 2 is 1.23 bits per heavy atom. The molecule has 0 amide bonds. The van der Waals surface area contributed by atoms with Crippen molar-refractivity contribution in [2.45, 2.75) is 45.9 Å². The summed E-state index contributed by atoms with van der Waals surface area (Å²) in [4.78, 5) is 50.7. The molecule has 61 heavy (non-hydrogen) atoms. The fraction of sp³-hybridized carbons (Fsp3) is 0.579. The molecule has 0 aromatic carbocycles. The molecule has 4 radical (unpaired) electrons. The number of phosphoric acid groups is 2. The summed E-state index contributed by atoms with van der Waals surface area (Å²) >= 11 is 52.3. The quantitative estimate of drug-likeness (QED) is 0.0645. The van der Waals surface area contributed by atoms with Crippen LogP contribution in [0.25, 0.3) is 0 Å². The number of rotatable bonds is 11. The van der Waals surface area contributed by atoms with Crippen LogP contribution in [-0.2, 0) is 67.2 Å². The summed E-state index contributed by atoms with van der Waals surface area (Å²) in [5, 5.41) is 36.7. The monoisotopic (exact) mass is 1150 g/mol. The van der Waals surface area contributed by atoms with Gasteiger partial charge in [0.05, 0.1) is 25.3 Å². The molecule has 4 aromatic heterocycles. The van der Waals surface area contributed by atoms with Crippen LogP contribution in [0.1, 0.15) is 6.92 Å². The Bertz CT molecular complexity index is 2030. The van der Waals surface area contributed by atoms with Crippen molar-refractivity contribution >= 4 is 164 Å². The van der Waals surface area contributed by atoms with Crippen LogP contribution >= 0.6 is 113 Å². The van der Waals surface area contributed by atoms with E-state index < -0.39 is 72.4 Å². The molecule has 0 aliphatic carbocycles. The van der Waals surface area contributed by atoms with Gasteiger partial charge in [-0.05, 0) is 35.4 Å². The van der Waals surface area contributed by atoms with Gasteiger partial charge in [0.1, 0.15) is 82.9 Å². The average molecular weight is 1150 g/mol. The second-order valence-corrected chi connectivity index (χ2v) is 33.6. The van der Waals surface area contributed by atoms with Crippen LogP contribution in [-0.4, -0.2) is 156 Å². The van der Waals surface area contributed by atoms with Gasteiger partial charge >= 0.3 is 22.4 Å². The number of ether oxygens (including phenoxy) is 2. The lowest BCUT2D eigenvalue weighted by molar-refractivity contribution is -0.000416. The number of aromatic amines is 1. The Kier molecular flexibility index (Phi) is 23.3. The Balaban J connectivity index is 0.000000293. The number of hydrogen-bond acceptors (Lipinski definition) is 20. The first-order valence-corrected chi connectivity index (χ1v) is 30.5. The fourth-order valence-corrected chi connectivity index (χ4v) is 11.1. The lowest BCUT2D eigenvalue weighted by Crippen LogP contribution is -2.39. The first kappa shape index (κ1) is 57.8. The number of aliphatic hydroxyl groups excluding tert-OH is 2. The van der Waals surface area contributed by atoms with Crippen molar-refractivity contribution in [3.8, 4) is 0 Å². The molecule has 0 spiro atoms.